The minimum absolute atomic E-state index is 0.361. The van der Waals surface area contributed by atoms with Crippen LogP contribution in [0.1, 0.15) is 12.0 Å². The number of hydrogen-bond donors (Lipinski definition) is 1. The van der Waals surface area contributed by atoms with Crippen LogP contribution in [0.15, 0.2) is 17.0 Å². The third kappa shape index (κ3) is 1.84. The quantitative estimate of drug-likeness (QED) is 0.716. The lowest BCUT2D eigenvalue weighted by molar-refractivity contribution is 0.0539. The largest absolute Gasteiger partial charge is 0.372 e. The van der Waals surface area contributed by atoms with Crippen LogP contribution in [-0.2, 0) is 11.3 Å². The summed E-state index contributed by atoms with van der Waals surface area (Å²) in [6, 6.07) is 0. The van der Waals surface area contributed by atoms with E-state index in [1.807, 2.05) is 0 Å². The van der Waals surface area contributed by atoms with Gasteiger partial charge in [0.2, 0.25) is 0 Å². The molecule has 4 heteroatoms. The Balaban J connectivity index is 1.74. The van der Waals surface area contributed by atoms with Gasteiger partial charge in [0, 0.05) is 12.1 Å². The van der Waals surface area contributed by atoms with Crippen molar-refractivity contribution < 1.29 is 9.26 Å². The molecule has 0 saturated carbocycles. The monoisotopic (exact) mass is 168 g/mol. The van der Waals surface area contributed by atoms with E-state index in [2.05, 4.69) is 15.0 Å². The lowest BCUT2D eigenvalue weighted by Gasteiger charge is -2.07. The topological polar surface area (TPSA) is 47.3 Å². The molecule has 0 bridgehead atoms. The second-order valence-corrected chi connectivity index (χ2v) is 2.96. The summed E-state index contributed by atoms with van der Waals surface area (Å²) in [5.41, 5.74) is 1.00. The Labute approximate surface area is 70.9 Å². The molecule has 1 aliphatic rings. The fourth-order valence-corrected chi connectivity index (χ4v) is 1.28. The molecule has 1 unspecified atom stereocenters. The zero-order chi connectivity index (χ0) is 8.23. The van der Waals surface area contributed by atoms with Gasteiger partial charge in [-0.05, 0) is 13.0 Å². The van der Waals surface area contributed by atoms with Crippen molar-refractivity contribution in [2.24, 2.45) is 0 Å². The van der Waals surface area contributed by atoms with E-state index in [9.17, 15) is 0 Å². The van der Waals surface area contributed by atoms with Crippen molar-refractivity contribution in [2.75, 3.05) is 13.1 Å². The summed E-state index contributed by atoms with van der Waals surface area (Å²) in [4.78, 5) is 0. The average Bonchev–Trinajstić information content (AvgIpc) is 2.74. The first kappa shape index (κ1) is 7.76. The number of nitrogens with zero attached hydrogens (tertiary/aromatic N) is 1. The van der Waals surface area contributed by atoms with Crippen LogP contribution in [-0.4, -0.2) is 24.4 Å². The summed E-state index contributed by atoms with van der Waals surface area (Å²) in [7, 11) is 0. The van der Waals surface area contributed by atoms with E-state index in [4.69, 9.17) is 4.74 Å². The highest BCUT2D eigenvalue weighted by Crippen LogP contribution is 2.07. The predicted octanol–water partition coefficient (Wildman–Crippen LogP) is 0.553. The van der Waals surface area contributed by atoms with Gasteiger partial charge in [-0.2, -0.15) is 0 Å². The summed E-state index contributed by atoms with van der Waals surface area (Å²) in [5.74, 6) is 0. The highest BCUT2D eigenvalue weighted by Gasteiger charge is 2.14. The summed E-state index contributed by atoms with van der Waals surface area (Å²) >= 11 is 0. The summed E-state index contributed by atoms with van der Waals surface area (Å²) in [5, 5.41) is 6.84. The predicted molar refractivity (Wildman–Crippen MR) is 42.6 cm³/mol. The molecule has 1 fully saturated rings. The third-order valence-electron chi connectivity index (χ3n) is 1.98. The molecule has 1 aromatic heterocycles. The zero-order valence-electron chi connectivity index (χ0n) is 6.82. The van der Waals surface area contributed by atoms with Crippen molar-refractivity contribution in [3.8, 4) is 0 Å². The van der Waals surface area contributed by atoms with Gasteiger partial charge in [-0.15, -0.1) is 0 Å². The van der Waals surface area contributed by atoms with Crippen molar-refractivity contribution in [1.82, 2.24) is 10.5 Å². The van der Waals surface area contributed by atoms with E-state index in [1.54, 1.807) is 12.5 Å². The second-order valence-electron chi connectivity index (χ2n) is 2.96. The maximum atomic E-state index is 5.58. The highest BCUT2D eigenvalue weighted by molar-refractivity contribution is 4.97. The van der Waals surface area contributed by atoms with Gasteiger partial charge in [-0.1, -0.05) is 5.16 Å². The van der Waals surface area contributed by atoms with Gasteiger partial charge in [-0.3, -0.25) is 0 Å². The van der Waals surface area contributed by atoms with Crippen LogP contribution < -0.4 is 5.32 Å². The number of rotatable bonds is 3. The molecule has 0 spiro atoms. The van der Waals surface area contributed by atoms with Crippen molar-refractivity contribution in [1.29, 1.82) is 0 Å². The minimum atomic E-state index is 0.361. The minimum Gasteiger partial charge on any atom is -0.372 e. The van der Waals surface area contributed by atoms with Crippen LogP contribution in [0.5, 0.6) is 0 Å². The Kier molecular flexibility index (Phi) is 2.39. The van der Waals surface area contributed by atoms with Gasteiger partial charge in [-0.25, -0.2) is 0 Å². The first-order valence-electron chi connectivity index (χ1n) is 4.16. The molecule has 1 saturated heterocycles. The lowest BCUT2D eigenvalue weighted by atomic mass is 10.3. The Morgan fingerprint density at radius 3 is 3.42 bits per heavy atom. The molecule has 4 nitrogen and oxygen atoms in total. The standard InChI is InChI=1S/C8H12N2O2/c1-2-9-4-8(1)11-5-7-3-10-12-6-7/h3,6,8-9H,1-2,4-5H2. The molecule has 1 N–H and O–H groups in total. The fraction of sp³-hybridized carbons (Fsp3) is 0.625. The van der Waals surface area contributed by atoms with E-state index < -0.39 is 0 Å². The van der Waals surface area contributed by atoms with Crippen LogP contribution in [0.2, 0.25) is 0 Å². The fourth-order valence-electron chi connectivity index (χ4n) is 1.28. The maximum absolute atomic E-state index is 5.58. The molecule has 1 atom stereocenters. The van der Waals surface area contributed by atoms with Crippen molar-refractivity contribution in [2.45, 2.75) is 19.1 Å². The number of hydrogen-bond acceptors (Lipinski definition) is 4. The van der Waals surface area contributed by atoms with Crippen molar-refractivity contribution in [3.63, 3.8) is 0 Å². The molecule has 2 rings (SSSR count). The lowest BCUT2D eigenvalue weighted by Crippen LogP contribution is -2.16. The Hall–Kier alpha value is -0.870. The van der Waals surface area contributed by atoms with Gasteiger partial charge in [0.15, 0.2) is 0 Å². The molecular formula is C8H12N2O2. The van der Waals surface area contributed by atoms with Crippen LogP contribution in [0.3, 0.4) is 0 Å². The SMILES string of the molecule is c1nocc1COC1CCNC1. The number of aromatic nitrogens is 1. The second kappa shape index (κ2) is 3.69. The van der Waals surface area contributed by atoms with Gasteiger partial charge < -0.3 is 14.6 Å². The van der Waals surface area contributed by atoms with Gasteiger partial charge in [0.05, 0.1) is 18.9 Å². The molecular weight excluding hydrogens is 156 g/mol. The Bertz CT molecular complexity index is 217. The van der Waals surface area contributed by atoms with E-state index in [0.717, 1.165) is 25.1 Å². The molecule has 0 radical (unpaired) electrons. The zero-order valence-corrected chi connectivity index (χ0v) is 6.82. The first-order chi connectivity index (χ1) is 5.95. The summed E-state index contributed by atoms with van der Waals surface area (Å²) in [6.07, 6.45) is 4.76. The van der Waals surface area contributed by atoms with Crippen LogP contribution in [0.4, 0.5) is 0 Å². The average molecular weight is 168 g/mol. The van der Waals surface area contributed by atoms with Crippen LogP contribution >= 0.6 is 0 Å². The molecule has 1 aliphatic heterocycles. The Morgan fingerprint density at radius 1 is 1.75 bits per heavy atom. The summed E-state index contributed by atoms with van der Waals surface area (Å²) in [6.45, 7) is 2.63. The van der Waals surface area contributed by atoms with Crippen molar-refractivity contribution >= 4 is 0 Å². The molecule has 1 aromatic rings. The normalized spacial score (nSPS) is 23.2. The van der Waals surface area contributed by atoms with E-state index >= 15 is 0 Å². The van der Waals surface area contributed by atoms with Gasteiger partial charge in [0.1, 0.15) is 6.26 Å². The molecule has 2 heterocycles. The summed E-state index contributed by atoms with van der Waals surface area (Å²) < 4.78 is 10.3. The number of nitrogens with one attached hydrogen (secondary N) is 1. The first-order valence-corrected chi connectivity index (χ1v) is 4.16. The number of ether oxygens (including phenoxy) is 1. The third-order valence-corrected chi connectivity index (χ3v) is 1.98. The van der Waals surface area contributed by atoms with E-state index in [-0.39, 0.29) is 0 Å². The van der Waals surface area contributed by atoms with Gasteiger partial charge >= 0.3 is 0 Å². The Morgan fingerprint density at radius 2 is 2.75 bits per heavy atom. The molecule has 0 aromatic carbocycles. The van der Waals surface area contributed by atoms with Gasteiger partial charge in [0.25, 0.3) is 0 Å². The molecule has 0 aliphatic carbocycles. The molecule has 12 heavy (non-hydrogen) atoms. The molecule has 66 valence electrons. The van der Waals surface area contributed by atoms with Crippen LogP contribution in [0, 0.1) is 0 Å². The van der Waals surface area contributed by atoms with E-state index in [1.165, 1.54) is 0 Å². The maximum Gasteiger partial charge on any atom is 0.129 e. The van der Waals surface area contributed by atoms with Crippen molar-refractivity contribution in [3.05, 3.63) is 18.0 Å². The smallest absolute Gasteiger partial charge is 0.129 e. The van der Waals surface area contributed by atoms with Crippen LogP contribution in [0.25, 0.3) is 0 Å². The van der Waals surface area contributed by atoms with E-state index in [0.29, 0.717) is 12.7 Å². The molecule has 0 amide bonds. The highest BCUT2D eigenvalue weighted by atomic mass is 16.5.